The smallest absolute Gasteiger partial charge is 0.0230 e. The fourth-order valence-electron chi connectivity index (χ4n) is 1.08. The van der Waals surface area contributed by atoms with Crippen LogP contribution in [0.1, 0.15) is 19.4 Å². The van der Waals surface area contributed by atoms with Crippen molar-refractivity contribution in [1.29, 1.82) is 0 Å². The SMILES string of the molecule is CC.CNCc1ccc(SN(C)C)cc1. The molecule has 86 valence electrons. The lowest BCUT2D eigenvalue weighted by Crippen LogP contribution is -2.04. The number of hydrogen-bond donors (Lipinski definition) is 1. The first kappa shape index (κ1) is 14.5. The predicted molar refractivity (Wildman–Crippen MR) is 70.1 cm³/mol. The summed E-state index contributed by atoms with van der Waals surface area (Å²) in [7, 11) is 6.06. The van der Waals surface area contributed by atoms with Gasteiger partial charge in [0.15, 0.2) is 0 Å². The number of rotatable bonds is 4. The lowest BCUT2D eigenvalue weighted by Gasteiger charge is -2.08. The minimum atomic E-state index is 0.937. The van der Waals surface area contributed by atoms with Gasteiger partial charge in [-0.05, 0) is 50.8 Å². The van der Waals surface area contributed by atoms with Crippen LogP contribution in [-0.2, 0) is 6.54 Å². The second kappa shape index (κ2) is 8.77. The van der Waals surface area contributed by atoms with Crippen LogP contribution < -0.4 is 5.32 Å². The fraction of sp³-hybridized carbons (Fsp3) is 0.500. The lowest BCUT2D eigenvalue weighted by molar-refractivity contribution is 0.702. The van der Waals surface area contributed by atoms with Crippen LogP contribution in [0.4, 0.5) is 0 Å². The molecule has 0 aliphatic rings. The molecule has 0 fully saturated rings. The van der Waals surface area contributed by atoms with Gasteiger partial charge in [0.05, 0.1) is 0 Å². The third kappa shape index (κ3) is 6.55. The molecule has 0 amide bonds. The van der Waals surface area contributed by atoms with Gasteiger partial charge in [0.2, 0.25) is 0 Å². The zero-order chi connectivity index (χ0) is 11.7. The molecular weight excluding hydrogens is 204 g/mol. The Morgan fingerprint density at radius 1 is 1.13 bits per heavy atom. The van der Waals surface area contributed by atoms with Crippen molar-refractivity contribution in [3.8, 4) is 0 Å². The van der Waals surface area contributed by atoms with Crippen molar-refractivity contribution in [3.63, 3.8) is 0 Å². The van der Waals surface area contributed by atoms with Gasteiger partial charge < -0.3 is 5.32 Å². The normalized spacial score (nSPS) is 9.73. The van der Waals surface area contributed by atoms with E-state index in [9.17, 15) is 0 Å². The standard InChI is InChI=1S/C10H16N2S.C2H6/c1-11-8-9-4-6-10(7-5-9)13-12(2)3;1-2/h4-7,11H,8H2,1-3H3;1-2H3. The van der Waals surface area contributed by atoms with E-state index in [1.807, 2.05) is 35.0 Å². The van der Waals surface area contributed by atoms with Crippen LogP contribution in [0.5, 0.6) is 0 Å². The third-order valence-electron chi connectivity index (χ3n) is 1.59. The lowest BCUT2D eigenvalue weighted by atomic mass is 10.2. The van der Waals surface area contributed by atoms with Gasteiger partial charge in [0.25, 0.3) is 0 Å². The van der Waals surface area contributed by atoms with Gasteiger partial charge in [-0.1, -0.05) is 26.0 Å². The summed E-state index contributed by atoms with van der Waals surface area (Å²) in [6, 6.07) is 8.61. The van der Waals surface area contributed by atoms with Crippen LogP contribution in [0.15, 0.2) is 29.2 Å². The summed E-state index contributed by atoms with van der Waals surface area (Å²) < 4.78 is 2.09. The van der Waals surface area contributed by atoms with Crippen molar-refractivity contribution in [1.82, 2.24) is 9.62 Å². The van der Waals surface area contributed by atoms with Crippen LogP contribution in [0.3, 0.4) is 0 Å². The predicted octanol–water partition coefficient (Wildman–Crippen LogP) is 3.00. The number of nitrogens with one attached hydrogen (secondary N) is 1. The Hall–Kier alpha value is -0.510. The summed E-state index contributed by atoms with van der Waals surface area (Å²) in [6.07, 6.45) is 0. The summed E-state index contributed by atoms with van der Waals surface area (Å²) in [5.74, 6) is 0. The third-order valence-corrected chi connectivity index (χ3v) is 2.44. The number of benzene rings is 1. The van der Waals surface area contributed by atoms with Crippen molar-refractivity contribution < 1.29 is 0 Å². The molecule has 0 aliphatic heterocycles. The largest absolute Gasteiger partial charge is 0.316 e. The Morgan fingerprint density at radius 3 is 2.07 bits per heavy atom. The van der Waals surface area contributed by atoms with Gasteiger partial charge in [-0.15, -0.1) is 0 Å². The molecule has 0 aromatic heterocycles. The molecule has 0 radical (unpaired) electrons. The first-order valence-electron chi connectivity index (χ1n) is 5.31. The minimum absolute atomic E-state index is 0.937. The summed E-state index contributed by atoms with van der Waals surface area (Å²) >= 11 is 1.74. The van der Waals surface area contributed by atoms with Crippen molar-refractivity contribution in [2.45, 2.75) is 25.3 Å². The summed E-state index contributed by atoms with van der Waals surface area (Å²) in [5.41, 5.74) is 1.32. The molecule has 0 aliphatic carbocycles. The Balaban J connectivity index is 0.000000921. The molecule has 0 spiro atoms. The van der Waals surface area contributed by atoms with Crippen molar-refractivity contribution in [2.24, 2.45) is 0 Å². The van der Waals surface area contributed by atoms with Crippen molar-refractivity contribution in [3.05, 3.63) is 29.8 Å². The second-order valence-electron chi connectivity index (χ2n) is 3.08. The molecule has 0 atom stereocenters. The molecule has 2 nitrogen and oxygen atoms in total. The van der Waals surface area contributed by atoms with Crippen LogP contribution in [0.2, 0.25) is 0 Å². The van der Waals surface area contributed by atoms with Gasteiger partial charge in [-0.2, -0.15) is 0 Å². The molecule has 0 saturated heterocycles. The molecule has 0 saturated carbocycles. The molecule has 0 unspecified atom stereocenters. The van der Waals surface area contributed by atoms with E-state index in [0.717, 1.165) is 6.54 Å². The van der Waals surface area contributed by atoms with E-state index in [2.05, 4.69) is 33.9 Å². The number of nitrogens with zero attached hydrogens (tertiary/aromatic N) is 1. The van der Waals surface area contributed by atoms with Crippen LogP contribution in [0, 0.1) is 0 Å². The Kier molecular flexibility index (Phi) is 8.47. The molecule has 15 heavy (non-hydrogen) atoms. The summed E-state index contributed by atoms with van der Waals surface area (Å²) in [4.78, 5) is 1.28. The first-order valence-corrected chi connectivity index (χ1v) is 6.08. The van der Waals surface area contributed by atoms with Crippen molar-refractivity contribution in [2.75, 3.05) is 21.1 Å². The molecule has 1 N–H and O–H groups in total. The highest BCUT2D eigenvalue weighted by atomic mass is 32.2. The quantitative estimate of drug-likeness (QED) is 0.795. The monoisotopic (exact) mass is 226 g/mol. The fourth-order valence-corrected chi connectivity index (χ4v) is 1.76. The molecule has 0 bridgehead atoms. The van der Waals surface area contributed by atoms with Gasteiger partial charge in [0, 0.05) is 11.4 Å². The van der Waals surface area contributed by atoms with Crippen LogP contribution in [-0.4, -0.2) is 25.4 Å². The first-order chi connectivity index (χ1) is 7.22. The molecule has 3 heteroatoms. The topological polar surface area (TPSA) is 15.3 Å². The maximum Gasteiger partial charge on any atom is 0.0230 e. The second-order valence-corrected chi connectivity index (χ2v) is 4.46. The summed E-state index contributed by atoms with van der Waals surface area (Å²) in [6.45, 7) is 4.94. The van der Waals surface area contributed by atoms with Crippen LogP contribution in [0.25, 0.3) is 0 Å². The van der Waals surface area contributed by atoms with E-state index in [1.165, 1.54) is 10.5 Å². The van der Waals surface area contributed by atoms with Gasteiger partial charge >= 0.3 is 0 Å². The van der Waals surface area contributed by atoms with E-state index >= 15 is 0 Å². The van der Waals surface area contributed by atoms with E-state index in [-0.39, 0.29) is 0 Å². The summed E-state index contributed by atoms with van der Waals surface area (Å²) in [5, 5.41) is 3.13. The number of hydrogen-bond acceptors (Lipinski definition) is 3. The average molecular weight is 226 g/mol. The minimum Gasteiger partial charge on any atom is -0.316 e. The Bertz CT molecular complexity index is 244. The molecule has 1 rings (SSSR count). The van der Waals surface area contributed by atoms with Gasteiger partial charge in [0.1, 0.15) is 0 Å². The molecular formula is C12H22N2S. The van der Waals surface area contributed by atoms with E-state index in [0.29, 0.717) is 0 Å². The Labute approximate surface area is 98.2 Å². The van der Waals surface area contributed by atoms with Gasteiger partial charge in [-0.25, -0.2) is 0 Å². The molecule has 0 heterocycles. The highest BCUT2D eigenvalue weighted by Gasteiger charge is 1.95. The average Bonchev–Trinajstić information content (AvgIpc) is 2.24. The maximum absolute atomic E-state index is 3.13. The van der Waals surface area contributed by atoms with Gasteiger partial charge in [-0.3, -0.25) is 4.31 Å². The maximum atomic E-state index is 3.13. The van der Waals surface area contributed by atoms with E-state index in [4.69, 9.17) is 0 Å². The van der Waals surface area contributed by atoms with Crippen molar-refractivity contribution >= 4 is 11.9 Å². The highest BCUT2D eigenvalue weighted by molar-refractivity contribution is 7.97. The highest BCUT2D eigenvalue weighted by Crippen LogP contribution is 2.19. The van der Waals surface area contributed by atoms with E-state index < -0.39 is 0 Å². The molecule has 1 aromatic rings. The zero-order valence-electron chi connectivity index (χ0n) is 10.4. The molecule has 1 aromatic carbocycles. The van der Waals surface area contributed by atoms with E-state index in [1.54, 1.807) is 11.9 Å². The van der Waals surface area contributed by atoms with Crippen LogP contribution >= 0.6 is 11.9 Å². The zero-order valence-corrected chi connectivity index (χ0v) is 11.2. The Morgan fingerprint density at radius 2 is 1.67 bits per heavy atom.